The Morgan fingerprint density at radius 1 is 0.506 bits per heavy atom. The van der Waals surface area contributed by atoms with Gasteiger partial charge in [-0.15, -0.1) is 12.4 Å². The molecule has 85 heavy (non-hydrogen) atoms. The van der Waals surface area contributed by atoms with Gasteiger partial charge in [0.1, 0.15) is 0 Å². The standard InChI is InChI=1S/2C22H21ClN2O5.C20H24ClNO2.ClH/c2*1-13(22(28)29)9-18(24-21(27)19-12-20(26)25-30-19)10-14-5-7-15(8-6-14)16-3-2-4-17(23)11-16;1-3-24-20(23)14(2)11-19(22)12-15-7-9-16(10-8-15)17-5-4-6-18(21)13-17;/h2*2-8,11-13,18H,9-10H2,1H3,(H,24,27)(H,25,26)(H,28,29);4-10,13-14,19H,3,11-12,22H2,1-2H3;1H/t13-,18+;13-,18-;14?,19-;/m100./s1. The van der Waals surface area contributed by atoms with Crippen LogP contribution in [0.2, 0.25) is 15.1 Å². The molecule has 8 N–H and O–H groups in total. The third-order valence-electron chi connectivity index (χ3n) is 13.4. The second kappa shape index (κ2) is 33.3. The summed E-state index contributed by atoms with van der Waals surface area (Å²) in [5.41, 5.74) is 14.3. The number of carboxylic acids is 2. The van der Waals surface area contributed by atoms with Gasteiger partial charge in [0.05, 0.1) is 36.5 Å². The number of nitrogens with two attached hydrogens (primary N) is 1. The van der Waals surface area contributed by atoms with Crippen molar-refractivity contribution in [2.24, 2.45) is 23.5 Å². The number of aliphatic carboxylic acids is 2. The lowest BCUT2D eigenvalue weighted by Crippen LogP contribution is -2.38. The average molecular weight is 1240 g/mol. The highest BCUT2D eigenvalue weighted by atomic mass is 35.5. The minimum atomic E-state index is -0.946. The molecule has 0 spiro atoms. The Kier molecular flexibility index (Phi) is 26.5. The zero-order valence-electron chi connectivity index (χ0n) is 47.0. The highest BCUT2D eigenvalue weighted by Crippen LogP contribution is 2.27. The molecule has 0 aliphatic rings. The van der Waals surface area contributed by atoms with E-state index in [0.29, 0.717) is 35.9 Å². The molecule has 17 nitrogen and oxygen atoms in total. The SMILES string of the molecule is CCOC(=O)C(C)C[C@H](N)Cc1ccc(-c2cccc(Cl)c2)cc1.C[C@@H](C[C@@H](Cc1ccc(-c2cccc(Cl)c2)cc1)NC(=O)c1cc(=O)[nH]o1)C(=O)O.C[C@H](C[C@@H](Cc1ccc(-c2cccc(Cl)c2)cc1)NC(=O)c1cc(=O)[nH]o1)C(=O)O.Cl. The molecule has 6 atom stereocenters. The summed E-state index contributed by atoms with van der Waals surface area (Å²) in [6.45, 7) is 7.25. The molecular formula is C64H67Cl4N5O12. The Hall–Kier alpha value is -8.19. The van der Waals surface area contributed by atoms with Gasteiger partial charge in [0.2, 0.25) is 11.5 Å². The van der Waals surface area contributed by atoms with Crippen molar-refractivity contribution in [3.05, 3.63) is 222 Å². The summed E-state index contributed by atoms with van der Waals surface area (Å²) in [7, 11) is 0. The van der Waals surface area contributed by atoms with Crippen LogP contribution < -0.4 is 27.5 Å². The van der Waals surface area contributed by atoms with Gasteiger partial charge in [-0.1, -0.05) is 165 Å². The van der Waals surface area contributed by atoms with Crippen LogP contribution in [0.15, 0.2) is 176 Å². The van der Waals surface area contributed by atoms with Crippen molar-refractivity contribution in [3.8, 4) is 33.4 Å². The van der Waals surface area contributed by atoms with Gasteiger partial charge in [0.25, 0.3) is 22.9 Å². The van der Waals surface area contributed by atoms with Gasteiger partial charge in [-0.05, 0) is 132 Å². The summed E-state index contributed by atoms with van der Waals surface area (Å²) in [5.74, 6) is -5.00. The van der Waals surface area contributed by atoms with E-state index in [-0.39, 0.29) is 54.7 Å². The highest BCUT2D eigenvalue weighted by Gasteiger charge is 2.25. The number of nitrogens with one attached hydrogen (secondary N) is 4. The lowest BCUT2D eigenvalue weighted by atomic mass is 9.95. The number of hydrogen-bond donors (Lipinski definition) is 7. The molecule has 2 aromatic heterocycles. The van der Waals surface area contributed by atoms with Crippen LogP contribution in [0.3, 0.4) is 0 Å². The lowest BCUT2D eigenvalue weighted by Gasteiger charge is -2.20. The molecule has 1 unspecified atom stereocenters. The van der Waals surface area contributed by atoms with E-state index in [0.717, 1.165) is 73.6 Å². The van der Waals surface area contributed by atoms with Crippen LogP contribution >= 0.6 is 47.2 Å². The number of ether oxygens (including phenoxy) is 1. The topological polar surface area (TPSA) is 277 Å². The van der Waals surface area contributed by atoms with Gasteiger partial charge < -0.3 is 40.4 Å². The van der Waals surface area contributed by atoms with Gasteiger partial charge in [-0.2, -0.15) is 10.3 Å². The molecule has 0 radical (unpaired) electrons. The Morgan fingerprint density at radius 2 is 0.847 bits per heavy atom. The first-order valence-electron chi connectivity index (χ1n) is 27.0. The molecular weight excluding hydrogens is 1170 g/mol. The third kappa shape index (κ3) is 22.1. The Balaban J connectivity index is 0.000000233. The van der Waals surface area contributed by atoms with Crippen LogP contribution in [-0.4, -0.2) is 75.0 Å². The number of carbonyl (C=O) groups is 5. The quantitative estimate of drug-likeness (QED) is 0.0294. The number of hydrogen-bond acceptors (Lipinski definition) is 11. The molecule has 2 amide bonds. The average Bonchev–Trinajstić information content (AvgIpc) is 4.27. The summed E-state index contributed by atoms with van der Waals surface area (Å²) in [4.78, 5) is 81.3. The minimum absolute atomic E-state index is 0. The first kappa shape index (κ1) is 67.6. The van der Waals surface area contributed by atoms with Gasteiger partial charge in [0, 0.05) is 33.2 Å². The number of aromatic amines is 2. The maximum absolute atomic E-state index is 12.4. The molecule has 0 bridgehead atoms. The fourth-order valence-corrected chi connectivity index (χ4v) is 9.61. The molecule has 0 saturated carbocycles. The van der Waals surface area contributed by atoms with E-state index in [1.165, 1.54) is 0 Å². The van der Waals surface area contributed by atoms with Gasteiger partial charge in [-0.3, -0.25) is 33.6 Å². The second-order valence-corrected chi connectivity index (χ2v) is 21.6. The molecule has 6 aromatic carbocycles. The summed E-state index contributed by atoms with van der Waals surface area (Å²) >= 11 is 18.1. The van der Waals surface area contributed by atoms with E-state index in [1.807, 2.05) is 135 Å². The molecule has 448 valence electrons. The molecule has 2 heterocycles. The van der Waals surface area contributed by atoms with Crippen LogP contribution in [0.5, 0.6) is 0 Å². The van der Waals surface area contributed by atoms with E-state index < -0.39 is 58.8 Å². The van der Waals surface area contributed by atoms with E-state index >= 15 is 0 Å². The number of benzene rings is 6. The van der Waals surface area contributed by atoms with E-state index in [9.17, 15) is 43.8 Å². The maximum Gasteiger partial charge on any atom is 0.308 e. The van der Waals surface area contributed by atoms with E-state index in [4.69, 9.17) is 54.3 Å². The highest BCUT2D eigenvalue weighted by molar-refractivity contribution is 6.31. The molecule has 8 rings (SSSR count). The van der Waals surface area contributed by atoms with Crippen molar-refractivity contribution in [1.82, 2.24) is 20.9 Å². The normalized spacial score (nSPS) is 12.8. The third-order valence-corrected chi connectivity index (χ3v) is 14.1. The molecule has 21 heteroatoms. The van der Waals surface area contributed by atoms with Gasteiger partial charge >= 0.3 is 17.9 Å². The molecule has 8 aromatic rings. The number of halogens is 4. The fourth-order valence-electron chi connectivity index (χ4n) is 9.04. The van der Waals surface area contributed by atoms with Crippen LogP contribution in [0, 0.1) is 17.8 Å². The van der Waals surface area contributed by atoms with Crippen molar-refractivity contribution >= 4 is 76.9 Å². The molecule has 0 aliphatic heterocycles. The summed E-state index contributed by atoms with van der Waals surface area (Å²) < 4.78 is 14.7. The fraction of sp³-hybridized carbons (Fsp3) is 0.266. The van der Waals surface area contributed by atoms with Crippen molar-refractivity contribution < 1.29 is 48.0 Å². The minimum Gasteiger partial charge on any atom is -0.481 e. The van der Waals surface area contributed by atoms with Crippen molar-refractivity contribution in [3.63, 3.8) is 0 Å². The van der Waals surface area contributed by atoms with Crippen LogP contribution in [0.4, 0.5) is 0 Å². The van der Waals surface area contributed by atoms with Crippen LogP contribution in [-0.2, 0) is 38.4 Å². The van der Waals surface area contributed by atoms with E-state index in [2.05, 4.69) is 45.2 Å². The van der Waals surface area contributed by atoms with Crippen molar-refractivity contribution in [1.29, 1.82) is 0 Å². The zero-order chi connectivity index (χ0) is 60.9. The number of carbonyl (C=O) groups excluding carboxylic acids is 3. The van der Waals surface area contributed by atoms with Crippen molar-refractivity contribution in [2.45, 2.75) is 84.3 Å². The maximum atomic E-state index is 12.4. The number of esters is 1. The summed E-state index contributed by atoms with van der Waals surface area (Å²) in [5, 5.41) is 30.2. The second-order valence-electron chi connectivity index (χ2n) is 20.3. The van der Waals surface area contributed by atoms with Crippen LogP contribution in [0.25, 0.3) is 33.4 Å². The van der Waals surface area contributed by atoms with Crippen LogP contribution in [0.1, 0.15) is 84.8 Å². The largest absolute Gasteiger partial charge is 0.481 e. The number of carboxylic acid groups (broad SMARTS) is 2. The number of amides is 2. The van der Waals surface area contributed by atoms with Gasteiger partial charge in [0.15, 0.2) is 0 Å². The Morgan fingerprint density at radius 3 is 1.14 bits per heavy atom. The molecule has 0 fully saturated rings. The first-order valence-corrected chi connectivity index (χ1v) is 28.2. The predicted molar refractivity (Wildman–Crippen MR) is 331 cm³/mol. The number of rotatable bonds is 23. The Labute approximate surface area is 512 Å². The predicted octanol–water partition coefficient (Wildman–Crippen LogP) is 12.4. The molecule has 0 saturated heterocycles. The van der Waals surface area contributed by atoms with E-state index in [1.54, 1.807) is 13.8 Å². The summed E-state index contributed by atoms with van der Waals surface area (Å²) in [6.07, 6.45) is 2.66. The number of H-pyrrole nitrogens is 2. The van der Waals surface area contributed by atoms with Gasteiger partial charge in [-0.25, -0.2) is 0 Å². The smallest absolute Gasteiger partial charge is 0.308 e. The Bertz CT molecular complexity index is 3410. The first-order chi connectivity index (χ1) is 40.1. The van der Waals surface area contributed by atoms with Crippen molar-refractivity contribution in [2.75, 3.05) is 6.61 Å². The summed E-state index contributed by atoms with van der Waals surface area (Å²) in [6, 6.07) is 47.8. The number of aromatic nitrogens is 2. The molecule has 0 aliphatic carbocycles. The zero-order valence-corrected chi connectivity index (χ0v) is 50.1. The monoisotopic (exact) mass is 1240 g/mol. The lowest BCUT2D eigenvalue weighted by molar-refractivity contribution is -0.148.